The van der Waals surface area contributed by atoms with Crippen LogP contribution in [0.2, 0.25) is 0 Å². The summed E-state index contributed by atoms with van der Waals surface area (Å²) in [6.45, 7) is 11.5. The Kier molecular flexibility index (Phi) is 7.97. The van der Waals surface area contributed by atoms with Crippen molar-refractivity contribution in [2.45, 2.75) is 65.7 Å². The van der Waals surface area contributed by atoms with Crippen LogP contribution in [0.25, 0.3) is 11.5 Å². The number of nitrogens with zero attached hydrogens (tertiary/aromatic N) is 6. The molecule has 0 saturated carbocycles. The largest absolute Gasteiger partial charge is 0.474 e. The summed E-state index contributed by atoms with van der Waals surface area (Å²) < 4.78 is 16.5. The smallest absolute Gasteiger partial charge is 0.307 e. The number of aromatic nitrogens is 3. The highest BCUT2D eigenvalue weighted by Crippen LogP contribution is 2.35. The van der Waals surface area contributed by atoms with Gasteiger partial charge in [0.15, 0.2) is 0 Å². The topological polar surface area (TPSA) is 118 Å². The number of rotatable bonds is 9. The molecule has 1 aliphatic rings. The van der Waals surface area contributed by atoms with Gasteiger partial charge in [-0.3, -0.25) is 4.79 Å². The van der Waals surface area contributed by atoms with Crippen LogP contribution in [0.15, 0.2) is 35.0 Å². The SMILES string of the molecule is CC(C)Oc1ncc(-c2nc(N3CCc4cc(CN(C)CCC(=O)OC(C)(C)C)ccc43)no2)cc1C#N. The molecule has 1 aliphatic heterocycles. The van der Waals surface area contributed by atoms with Gasteiger partial charge in [-0.2, -0.15) is 10.2 Å². The number of hydrogen-bond donors (Lipinski definition) is 0. The lowest BCUT2D eigenvalue weighted by Gasteiger charge is -2.21. The zero-order valence-corrected chi connectivity index (χ0v) is 22.8. The fourth-order valence-electron chi connectivity index (χ4n) is 4.24. The second-order valence-electron chi connectivity index (χ2n) is 10.7. The average Bonchev–Trinajstić information content (AvgIpc) is 3.48. The van der Waals surface area contributed by atoms with Crippen molar-refractivity contribution >= 4 is 17.6 Å². The lowest BCUT2D eigenvalue weighted by Crippen LogP contribution is -2.27. The molecule has 10 heteroatoms. The maximum atomic E-state index is 12.0. The Bertz CT molecular complexity index is 1340. The lowest BCUT2D eigenvalue weighted by molar-refractivity contribution is -0.155. The first-order chi connectivity index (χ1) is 18.0. The van der Waals surface area contributed by atoms with E-state index >= 15 is 0 Å². The van der Waals surface area contributed by atoms with Crippen LogP contribution in [0.1, 0.15) is 57.7 Å². The minimum absolute atomic E-state index is 0.0937. The van der Waals surface area contributed by atoms with Crippen molar-refractivity contribution in [3.05, 3.63) is 47.2 Å². The molecule has 0 amide bonds. The Labute approximate surface area is 223 Å². The zero-order valence-electron chi connectivity index (χ0n) is 22.8. The van der Waals surface area contributed by atoms with Crippen LogP contribution in [0.5, 0.6) is 5.88 Å². The monoisotopic (exact) mass is 518 g/mol. The summed E-state index contributed by atoms with van der Waals surface area (Å²) in [7, 11) is 2.00. The molecule has 0 saturated heterocycles. The van der Waals surface area contributed by atoms with Crippen molar-refractivity contribution in [2.24, 2.45) is 0 Å². The van der Waals surface area contributed by atoms with E-state index in [1.165, 1.54) is 11.1 Å². The third kappa shape index (κ3) is 6.66. The minimum Gasteiger partial charge on any atom is -0.474 e. The van der Waals surface area contributed by atoms with Crippen molar-refractivity contribution < 1.29 is 18.8 Å². The third-order valence-electron chi connectivity index (χ3n) is 5.83. The minimum atomic E-state index is -0.468. The molecule has 38 heavy (non-hydrogen) atoms. The Hall–Kier alpha value is -3.97. The molecule has 0 spiro atoms. The van der Waals surface area contributed by atoms with Crippen molar-refractivity contribution in [1.29, 1.82) is 5.26 Å². The number of carbonyl (C=O) groups is 1. The van der Waals surface area contributed by atoms with Crippen molar-refractivity contribution in [1.82, 2.24) is 20.0 Å². The van der Waals surface area contributed by atoms with Gasteiger partial charge in [-0.05, 0) is 76.5 Å². The summed E-state index contributed by atoms with van der Waals surface area (Å²) in [6.07, 6.45) is 2.69. The number of anilines is 2. The van der Waals surface area contributed by atoms with Crippen LogP contribution >= 0.6 is 0 Å². The van der Waals surface area contributed by atoms with E-state index in [0.717, 1.165) is 25.2 Å². The Balaban J connectivity index is 1.41. The van der Waals surface area contributed by atoms with E-state index in [9.17, 15) is 10.1 Å². The third-order valence-corrected chi connectivity index (χ3v) is 5.83. The number of nitriles is 1. The van der Waals surface area contributed by atoms with Crippen molar-refractivity contribution in [3.8, 4) is 23.4 Å². The number of fused-ring (bicyclic) bond motifs is 1. The maximum absolute atomic E-state index is 12.0. The molecule has 4 rings (SSSR count). The summed E-state index contributed by atoms with van der Waals surface area (Å²) in [5.41, 5.74) is 3.81. The first-order valence-corrected chi connectivity index (χ1v) is 12.7. The van der Waals surface area contributed by atoms with E-state index in [-0.39, 0.29) is 23.8 Å². The van der Waals surface area contributed by atoms with Gasteiger partial charge in [0, 0.05) is 31.5 Å². The van der Waals surface area contributed by atoms with Crippen LogP contribution in [0.4, 0.5) is 11.6 Å². The van der Waals surface area contributed by atoms with Crippen LogP contribution in [0.3, 0.4) is 0 Å². The number of esters is 1. The molecule has 0 fully saturated rings. The molecule has 2 aromatic heterocycles. The highest BCUT2D eigenvalue weighted by molar-refractivity contribution is 5.70. The number of ether oxygens (including phenoxy) is 2. The van der Waals surface area contributed by atoms with E-state index in [4.69, 9.17) is 14.0 Å². The molecule has 0 N–H and O–H groups in total. The van der Waals surface area contributed by atoms with Crippen LogP contribution in [-0.2, 0) is 22.5 Å². The van der Waals surface area contributed by atoms with Gasteiger partial charge in [-0.15, -0.1) is 0 Å². The van der Waals surface area contributed by atoms with Crippen LogP contribution in [0, 0.1) is 11.3 Å². The standard InChI is InChI=1S/C28H34N6O4/c1-18(2)36-25-21(15-29)14-22(16-30-25)26-31-27(32-38-26)34-12-9-20-13-19(7-8-23(20)34)17-33(6)11-10-24(35)37-28(3,4)5/h7-8,13-14,16,18H,9-12,17H2,1-6H3. The quantitative estimate of drug-likeness (QED) is 0.370. The first kappa shape index (κ1) is 27.1. The highest BCUT2D eigenvalue weighted by atomic mass is 16.6. The van der Waals surface area contributed by atoms with E-state index in [0.29, 0.717) is 30.0 Å². The van der Waals surface area contributed by atoms with Gasteiger partial charge in [0.1, 0.15) is 17.2 Å². The van der Waals surface area contributed by atoms with E-state index in [1.54, 1.807) is 12.3 Å². The number of hydrogen-bond acceptors (Lipinski definition) is 10. The summed E-state index contributed by atoms with van der Waals surface area (Å²) >= 11 is 0. The predicted molar refractivity (Wildman–Crippen MR) is 142 cm³/mol. The van der Waals surface area contributed by atoms with E-state index in [1.807, 2.05) is 46.6 Å². The fraction of sp³-hybridized carbons (Fsp3) is 0.464. The zero-order chi connectivity index (χ0) is 27.4. The molecule has 0 aliphatic carbocycles. The van der Waals surface area contributed by atoms with Gasteiger partial charge >= 0.3 is 5.97 Å². The second-order valence-corrected chi connectivity index (χ2v) is 10.7. The Morgan fingerprint density at radius 2 is 2.08 bits per heavy atom. The summed E-state index contributed by atoms with van der Waals surface area (Å²) in [4.78, 5) is 25.0. The number of benzene rings is 1. The summed E-state index contributed by atoms with van der Waals surface area (Å²) in [5, 5.41) is 13.7. The van der Waals surface area contributed by atoms with Gasteiger partial charge in [-0.25, -0.2) is 4.98 Å². The Morgan fingerprint density at radius 1 is 1.29 bits per heavy atom. The summed E-state index contributed by atoms with van der Waals surface area (Å²) in [5.74, 6) is 0.845. The molecule has 3 aromatic rings. The number of carbonyl (C=O) groups excluding carboxylic acids is 1. The molecule has 0 atom stereocenters. The second kappa shape index (κ2) is 11.2. The van der Waals surface area contributed by atoms with Crippen molar-refractivity contribution in [3.63, 3.8) is 0 Å². The normalized spacial score (nSPS) is 13.1. The van der Waals surface area contributed by atoms with Gasteiger partial charge < -0.3 is 23.8 Å². The van der Waals surface area contributed by atoms with Crippen molar-refractivity contribution in [2.75, 3.05) is 25.0 Å². The molecular formula is C28H34N6O4. The molecule has 0 unspecified atom stereocenters. The molecule has 3 heterocycles. The molecule has 200 valence electrons. The first-order valence-electron chi connectivity index (χ1n) is 12.7. The fourth-order valence-corrected chi connectivity index (χ4v) is 4.24. The molecule has 10 nitrogen and oxygen atoms in total. The predicted octanol–water partition coefficient (Wildman–Crippen LogP) is 4.65. The molecule has 0 bridgehead atoms. The molecule has 0 radical (unpaired) electrons. The van der Waals surface area contributed by atoms with Crippen LogP contribution in [-0.4, -0.2) is 57.8 Å². The average molecular weight is 519 g/mol. The lowest BCUT2D eigenvalue weighted by atomic mass is 10.1. The van der Waals surface area contributed by atoms with Gasteiger partial charge in [0.2, 0.25) is 5.88 Å². The molecule has 1 aromatic carbocycles. The van der Waals surface area contributed by atoms with E-state index in [2.05, 4.69) is 44.3 Å². The van der Waals surface area contributed by atoms with Gasteiger partial charge in [0.25, 0.3) is 11.8 Å². The highest BCUT2D eigenvalue weighted by Gasteiger charge is 2.26. The van der Waals surface area contributed by atoms with Crippen LogP contribution < -0.4 is 9.64 Å². The maximum Gasteiger partial charge on any atom is 0.307 e. The number of pyridine rings is 1. The van der Waals surface area contributed by atoms with Gasteiger partial charge in [-0.1, -0.05) is 12.1 Å². The molecular weight excluding hydrogens is 484 g/mol. The Morgan fingerprint density at radius 3 is 2.79 bits per heavy atom. The van der Waals surface area contributed by atoms with Gasteiger partial charge in [0.05, 0.1) is 18.1 Å². The summed E-state index contributed by atoms with van der Waals surface area (Å²) in [6, 6.07) is 10.1. The van der Waals surface area contributed by atoms with E-state index < -0.39 is 5.60 Å².